The van der Waals surface area contributed by atoms with E-state index in [9.17, 15) is 19.5 Å². The minimum absolute atomic E-state index is 0.0879. The molecule has 0 saturated carbocycles. The highest BCUT2D eigenvalue weighted by atomic mass is 16.5. The van der Waals surface area contributed by atoms with E-state index in [1.807, 2.05) is 91.9 Å². The number of aliphatic hydroxyl groups is 1. The molecule has 3 aliphatic rings. The molecule has 1 fully saturated rings. The lowest BCUT2D eigenvalue weighted by Crippen LogP contribution is -2.44. The molecule has 1 spiro atoms. The summed E-state index contributed by atoms with van der Waals surface area (Å²) in [5.41, 5.74) is 3.19. The molecule has 0 unspecified atom stereocenters. The molecule has 3 aliphatic heterocycles. The van der Waals surface area contributed by atoms with Gasteiger partial charge in [-0.15, -0.1) is 6.58 Å². The Kier molecular flexibility index (Phi) is 7.26. The van der Waals surface area contributed by atoms with E-state index in [4.69, 9.17) is 4.74 Å². The summed E-state index contributed by atoms with van der Waals surface area (Å²) in [6.45, 7) is 6.60. The molecule has 4 aromatic rings. The van der Waals surface area contributed by atoms with Gasteiger partial charge in [-0.05, 0) is 47.7 Å². The second-order valence-electron chi connectivity index (χ2n) is 12.1. The zero-order valence-corrected chi connectivity index (χ0v) is 25.2. The van der Waals surface area contributed by atoms with Crippen molar-refractivity contribution in [1.29, 1.82) is 0 Å². The highest BCUT2D eigenvalue weighted by Crippen LogP contribution is 2.55. The predicted octanol–water partition coefficient (Wildman–Crippen LogP) is 5.70. The van der Waals surface area contributed by atoms with Gasteiger partial charge in [0.2, 0.25) is 5.91 Å². The minimum Gasteiger partial charge on any atom is -0.395 e. The van der Waals surface area contributed by atoms with Crippen LogP contribution in [-0.2, 0) is 26.5 Å². The number of hydrogen-bond donors (Lipinski definition) is 1. The SMILES string of the molecule is C=CCN1C(=O)[C@@]2(O[C@@H](CC(=O)N(CCO)Cc3ccccc3)C[C@H]2C)c2cc(N3C(=O)c4cccc5cccc3c45)ccc21. The third-order valence-corrected chi connectivity index (χ3v) is 9.37. The summed E-state index contributed by atoms with van der Waals surface area (Å²) in [6, 6.07) is 27.0. The van der Waals surface area contributed by atoms with Gasteiger partial charge in [-0.2, -0.15) is 0 Å². The first-order valence-corrected chi connectivity index (χ1v) is 15.4. The molecule has 3 atom stereocenters. The van der Waals surface area contributed by atoms with Crippen LogP contribution in [0.4, 0.5) is 17.1 Å². The van der Waals surface area contributed by atoms with Crippen molar-refractivity contribution in [3.8, 4) is 0 Å². The molecule has 0 aromatic heterocycles. The Morgan fingerprint density at radius 3 is 2.58 bits per heavy atom. The third-order valence-electron chi connectivity index (χ3n) is 9.37. The van der Waals surface area contributed by atoms with Crippen molar-refractivity contribution < 1.29 is 24.2 Å². The fourth-order valence-electron chi connectivity index (χ4n) is 7.35. The fourth-order valence-corrected chi connectivity index (χ4v) is 7.35. The second-order valence-corrected chi connectivity index (χ2v) is 12.1. The Bertz CT molecular complexity index is 1830. The standard InChI is InChI=1S/C37H35N3O5/c1-3-17-39-31-16-15-27(40-32-14-8-12-26-11-7-13-29(34(26)32)35(40)43)21-30(31)37(36(39)44)24(2)20-28(45-37)22-33(42)38(18-19-41)23-25-9-5-4-6-10-25/h3-16,21,24,28,41H,1,17-20,22-23H2,2H3/t24-,28-,37+/m1/s1. The first kappa shape index (κ1) is 29.0. The molecule has 8 heteroatoms. The number of nitrogens with zero attached hydrogens (tertiary/aromatic N) is 3. The average Bonchev–Trinajstić information content (AvgIpc) is 3.62. The van der Waals surface area contributed by atoms with Gasteiger partial charge >= 0.3 is 0 Å². The second kappa shape index (κ2) is 11.3. The number of carbonyl (C=O) groups is 3. The number of aliphatic hydroxyl groups excluding tert-OH is 1. The molecule has 4 aromatic carbocycles. The zero-order valence-electron chi connectivity index (χ0n) is 25.2. The molecule has 0 radical (unpaired) electrons. The first-order valence-electron chi connectivity index (χ1n) is 15.4. The smallest absolute Gasteiger partial charge is 0.264 e. The van der Waals surface area contributed by atoms with Crippen molar-refractivity contribution in [3.63, 3.8) is 0 Å². The van der Waals surface area contributed by atoms with Crippen molar-refractivity contribution in [1.82, 2.24) is 4.90 Å². The van der Waals surface area contributed by atoms with Crippen LogP contribution < -0.4 is 9.80 Å². The molecule has 228 valence electrons. The average molecular weight is 602 g/mol. The molecule has 45 heavy (non-hydrogen) atoms. The molecule has 3 heterocycles. The van der Waals surface area contributed by atoms with E-state index >= 15 is 0 Å². The van der Waals surface area contributed by atoms with Crippen LogP contribution >= 0.6 is 0 Å². The van der Waals surface area contributed by atoms with E-state index in [1.165, 1.54) is 0 Å². The minimum atomic E-state index is -1.30. The Balaban J connectivity index is 1.22. The largest absolute Gasteiger partial charge is 0.395 e. The lowest BCUT2D eigenvalue weighted by molar-refractivity contribution is -0.149. The van der Waals surface area contributed by atoms with Gasteiger partial charge < -0.3 is 19.6 Å². The van der Waals surface area contributed by atoms with Crippen molar-refractivity contribution in [2.24, 2.45) is 5.92 Å². The number of carbonyl (C=O) groups excluding carboxylic acids is 3. The van der Waals surface area contributed by atoms with E-state index < -0.39 is 11.7 Å². The highest BCUT2D eigenvalue weighted by molar-refractivity contribution is 6.28. The van der Waals surface area contributed by atoms with Crippen LogP contribution in [0.3, 0.4) is 0 Å². The van der Waals surface area contributed by atoms with E-state index in [0.29, 0.717) is 36.3 Å². The quantitative estimate of drug-likeness (QED) is 0.249. The highest BCUT2D eigenvalue weighted by Gasteiger charge is 2.60. The van der Waals surface area contributed by atoms with E-state index in [2.05, 4.69) is 6.58 Å². The normalized spacial score (nSPS) is 21.6. The number of rotatable bonds is 9. The fraction of sp³-hybridized carbons (Fsp3) is 0.270. The van der Waals surface area contributed by atoms with Crippen molar-refractivity contribution in [2.45, 2.75) is 38.0 Å². The summed E-state index contributed by atoms with van der Waals surface area (Å²) < 4.78 is 6.71. The number of ether oxygens (including phenoxy) is 1. The van der Waals surface area contributed by atoms with E-state index in [-0.39, 0.29) is 43.2 Å². The number of hydrogen-bond acceptors (Lipinski definition) is 5. The van der Waals surface area contributed by atoms with Crippen LogP contribution in [0.5, 0.6) is 0 Å². The Labute approximate surface area is 262 Å². The Morgan fingerprint density at radius 1 is 1.04 bits per heavy atom. The summed E-state index contributed by atoms with van der Waals surface area (Å²) in [7, 11) is 0. The molecule has 0 bridgehead atoms. The molecule has 1 saturated heterocycles. The van der Waals surface area contributed by atoms with Crippen LogP contribution in [0, 0.1) is 5.92 Å². The van der Waals surface area contributed by atoms with Gasteiger partial charge in [-0.3, -0.25) is 19.3 Å². The Hall–Kier alpha value is -4.79. The van der Waals surface area contributed by atoms with Gasteiger partial charge in [0.15, 0.2) is 5.60 Å². The van der Waals surface area contributed by atoms with E-state index in [0.717, 1.165) is 27.7 Å². The number of benzene rings is 4. The summed E-state index contributed by atoms with van der Waals surface area (Å²) in [5, 5.41) is 11.6. The van der Waals surface area contributed by atoms with Crippen LogP contribution in [0.2, 0.25) is 0 Å². The van der Waals surface area contributed by atoms with Gasteiger partial charge in [0.25, 0.3) is 11.8 Å². The molecule has 7 rings (SSSR count). The van der Waals surface area contributed by atoms with Crippen molar-refractivity contribution in [2.75, 3.05) is 29.5 Å². The lowest BCUT2D eigenvalue weighted by Gasteiger charge is -2.29. The number of amides is 3. The van der Waals surface area contributed by atoms with Gasteiger partial charge in [0.1, 0.15) is 0 Å². The zero-order chi connectivity index (χ0) is 31.3. The van der Waals surface area contributed by atoms with Crippen LogP contribution in [0.1, 0.15) is 41.3 Å². The van der Waals surface area contributed by atoms with Gasteiger partial charge in [-0.1, -0.05) is 67.6 Å². The van der Waals surface area contributed by atoms with Crippen LogP contribution in [-0.4, -0.2) is 53.5 Å². The van der Waals surface area contributed by atoms with Gasteiger partial charge in [0, 0.05) is 42.2 Å². The summed E-state index contributed by atoms with van der Waals surface area (Å²) >= 11 is 0. The molecule has 3 amide bonds. The summed E-state index contributed by atoms with van der Waals surface area (Å²) in [4.78, 5) is 46.6. The Morgan fingerprint density at radius 2 is 1.82 bits per heavy atom. The maximum atomic E-state index is 14.3. The van der Waals surface area contributed by atoms with Gasteiger partial charge in [-0.25, -0.2) is 0 Å². The number of anilines is 3. The monoisotopic (exact) mass is 601 g/mol. The topological polar surface area (TPSA) is 90.4 Å². The maximum absolute atomic E-state index is 14.3. The summed E-state index contributed by atoms with van der Waals surface area (Å²) in [6.07, 6.45) is 1.78. The predicted molar refractivity (Wildman–Crippen MR) is 173 cm³/mol. The third kappa shape index (κ3) is 4.55. The molecule has 1 N–H and O–H groups in total. The van der Waals surface area contributed by atoms with Crippen LogP contribution in [0.25, 0.3) is 10.8 Å². The lowest BCUT2D eigenvalue weighted by atomic mass is 9.82. The van der Waals surface area contributed by atoms with Gasteiger partial charge in [0.05, 0.1) is 36.1 Å². The van der Waals surface area contributed by atoms with Crippen molar-refractivity contribution >= 4 is 45.6 Å². The molecular formula is C37H35N3O5. The number of fused-ring (bicyclic) bond motifs is 2. The molecule has 8 nitrogen and oxygen atoms in total. The van der Waals surface area contributed by atoms with Crippen molar-refractivity contribution in [3.05, 3.63) is 114 Å². The first-order chi connectivity index (χ1) is 21.9. The van der Waals surface area contributed by atoms with E-state index in [1.54, 1.807) is 20.8 Å². The molecule has 0 aliphatic carbocycles. The van der Waals surface area contributed by atoms with Crippen LogP contribution in [0.15, 0.2) is 97.6 Å². The maximum Gasteiger partial charge on any atom is 0.264 e. The molecular weight excluding hydrogens is 566 g/mol. The summed E-state index contributed by atoms with van der Waals surface area (Å²) in [5.74, 6) is -0.680.